The highest BCUT2D eigenvalue weighted by Gasteiger charge is 2.26. The maximum absolute atomic E-state index is 6.30. The van der Waals surface area contributed by atoms with Crippen molar-refractivity contribution in [1.82, 2.24) is 10.3 Å². The highest BCUT2D eigenvalue weighted by atomic mass is 35.5. The van der Waals surface area contributed by atoms with E-state index in [4.69, 9.17) is 35.4 Å². The Labute approximate surface area is 144 Å². The van der Waals surface area contributed by atoms with Gasteiger partial charge in [-0.3, -0.25) is 14.8 Å². The zero-order chi connectivity index (χ0) is 15.5. The SMILES string of the molecule is S=C1NC[NH+](Cc2cccnc2)CN1c1cc(Cl)ccc1Cl. The van der Waals surface area contributed by atoms with Crippen LogP contribution in [0.1, 0.15) is 5.56 Å². The second kappa shape index (κ2) is 6.79. The van der Waals surface area contributed by atoms with E-state index in [2.05, 4.69) is 16.4 Å². The van der Waals surface area contributed by atoms with Crippen molar-refractivity contribution >= 4 is 46.2 Å². The molecule has 0 saturated carbocycles. The van der Waals surface area contributed by atoms with Gasteiger partial charge in [0.05, 0.1) is 10.7 Å². The minimum atomic E-state index is 0.635. The van der Waals surface area contributed by atoms with Crippen molar-refractivity contribution in [2.24, 2.45) is 0 Å². The molecule has 0 aliphatic carbocycles. The molecule has 7 heteroatoms. The summed E-state index contributed by atoms with van der Waals surface area (Å²) in [4.78, 5) is 7.46. The molecule has 4 nitrogen and oxygen atoms in total. The van der Waals surface area contributed by atoms with E-state index in [1.165, 1.54) is 10.5 Å². The molecule has 1 aliphatic rings. The van der Waals surface area contributed by atoms with Gasteiger partial charge < -0.3 is 5.32 Å². The van der Waals surface area contributed by atoms with Crippen molar-refractivity contribution in [2.75, 3.05) is 18.2 Å². The normalized spacial score (nSPS) is 18.2. The van der Waals surface area contributed by atoms with E-state index in [0.29, 0.717) is 15.2 Å². The van der Waals surface area contributed by atoms with E-state index in [1.54, 1.807) is 18.3 Å². The molecule has 1 fully saturated rings. The third-order valence-electron chi connectivity index (χ3n) is 3.49. The number of hydrogen-bond acceptors (Lipinski definition) is 2. The first kappa shape index (κ1) is 15.5. The summed E-state index contributed by atoms with van der Waals surface area (Å²) < 4.78 is 0. The smallest absolute Gasteiger partial charge is 0.182 e. The van der Waals surface area contributed by atoms with E-state index in [0.717, 1.165) is 25.6 Å². The highest BCUT2D eigenvalue weighted by molar-refractivity contribution is 7.80. The number of nitrogens with zero attached hydrogens (tertiary/aromatic N) is 2. The Balaban J connectivity index is 1.79. The predicted octanol–water partition coefficient (Wildman–Crippen LogP) is 2.08. The third-order valence-corrected chi connectivity index (χ3v) is 4.41. The van der Waals surface area contributed by atoms with Crippen LogP contribution in [0.15, 0.2) is 42.7 Å². The van der Waals surface area contributed by atoms with Crippen molar-refractivity contribution in [3.63, 3.8) is 0 Å². The van der Waals surface area contributed by atoms with E-state index < -0.39 is 0 Å². The van der Waals surface area contributed by atoms with E-state index in [9.17, 15) is 0 Å². The molecule has 2 N–H and O–H groups in total. The lowest BCUT2D eigenvalue weighted by Crippen LogP contribution is -3.16. The average molecular weight is 354 g/mol. The Morgan fingerprint density at radius 1 is 1.32 bits per heavy atom. The van der Waals surface area contributed by atoms with Crippen molar-refractivity contribution in [3.05, 3.63) is 58.3 Å². The topological polar surface area (TPSA) is 32.6 Å². The number of rotatable bonds is 3. The summed E-state index contributed by atoms with van der Waals surface area (Å²) in [6.45, 7) is 2.35. The lowest BCUT2D eigenvalue weighted by molar-refractivity contribution is -0.916. The number of hydrogen-bond donors (Lipinski definition) is 2. The van der Waals surface area contributed by atoms with Gasteiger partial charge in [-0.25, -0.2) is 0 Å². The van der Waals surface area contributed by atoms with Gasteiger partial charge in [0.25, 0.3) is 0 Å². The number of aromatic nitrogens is 1. The second-order valence-electron chi connectivity index (χ2n) is 5.13. The number of benzene rings is 1. The van der Waals surface area contributed by atoms with Gasteiger partial charge >= 0.3 is 0 Å². The number of quaternary nitrogens is 1. The molecular weight excluding hydrogens is 339 g/mol. The van der Waals surface area contributed by atoms with E-state index >= 15 is 0 Å². The standard InChI is InChI=1S/C15H14Cl2N4S/c16-12-3-4-13(17)14(6-12)21-10-20(9-19-15(21)22)8-11-2-1-5-18-7-11/h1-7H,8-10H2,(H,19,22)/p+1. The van der Waals surface area contributed by atoms with Crippen LogP contribution in [0, 0.1) is 0 Å². The first-order valence-electron chi connectivity index (χ1n) is 6.86. The van der Waals surface area contributed by atoms with Crippen molar-refractivity contribution in [3.8, 4) is 0 Å². The van der Waals surface area contributed by atoms with Crippen LogP contribution in [-0.4, -0.2) is 23.4 Å². The fourth-order valence-electron chi connectivity index (χ4n) is 2.44. The van der Waals surface area contributed by atoms with Gasteiger partial charge in [0.1, 0.15) is 6.54 Å². The summed E-state index contributed by atoms with van der Waals surface area (Å²) in [6, 6.07) is 9.42. The quantitative estimate of drug-likeness (QED) is 0.827. The Bertz CT molecular complexity index is 680. The van der Waals surface area contributed by atoms with Gasteiger partial charge in [0, 0.05) is 23.0 Å². The first-order valence-corrected chi connectivity index (χ1v) is 8.03. The zero-order valence-electron chi connectivity index (χ0n) is 11.7. The van der Waals surface area contributed by atoms with E-state index in [1.807, 2.05) is 23.2 Å². The predicted molar refractivity (Wildman–Crippen MR) is 93.3 cm³/mol. The molecule has 0 spiro atoms. The minimum Gasteiger partial charge on any atom is -0.315 e. The molecule has 1 aromatic carbocycles. The summed E-state index contributed by atoms with van der Waals surface area (Å²) in [6.07, 6.45) is 3.66. The van der Waals surface area contributed by atoms with Crippen LogP contribution in [-0.2, 0) is 6.54 Å². The molecular formula is C15H15Cl2N4S+. The maximum Gasteiger partial charge on any atom is 0.182 e. The summed E-state index contributed by atoms with van der Waals surface area (Å²) in [5, 5.41) is 5.19. The van der Waals surface area contributed by atoms with Gasteiger partial charge in [-0.15, -0.1) is 0 Å². The van der Waals surface area contributed by atoms with Gasteiger partial charge in [0.15, 0.2) is 18.4 Å². The first-order chi connectivity index (χ1) is 10.6. The molecule has 1 aromatic heterocycles. The molecule has 1 unspecified atom stereocenters. The zero-order valence-corrected chi connectivity index (χ0v) is 14.0. The molecule has 0 radical (unpaired) electrons. The van der Waals surface area contributed by atoms with Gasteiger partial charge in [0.2, 0.25) is 0 Å². The summed E-state index contributed by atoms with van der Waals surface area (Å²) in [7, 11) is 0. The number of thiocarbonyl (C=S) groups is 1. The molecule has 1 aliphatic heterocycles. The Morgan fingerprint density at radius 2 is 2.18 bits per heavy atom. The van der Waals surface area contributed by atoms with Crippen molar-refractivity contribution in [2.45, 2.75) is 6.54 Å². The summed E-state index contributed by atoms with van der Waals surface area (Å²) in [5.74, 6) is 0. The van der Waals surface area contributed by atoms with Crippen molar-refractivity contribution < 1.29 is 4.90 Å². The lowest BCUT2D eigenvalue weighted by atomic mass is 10.2. The molecule has 1 saturated heterocycles. The lowest BCUT2D eigenvalue weighted by Gasteiger charge is -2.35. The van der Waals surface area contributed by atoms with Crippen LogP contribution in [0.25, 0.3) is 0 Å². The second-order valence-corrected chi connectivity index (χ2v) is 6.36. The fourth-order valence-corrected chi connectivity index (χ4v) is 3.07. The highest BCUT2D eigenvalue weighted by Crippen LogP contribution is 2.28. The molecule has 0 bridgehead atoms. The van der Waals surface area contributed by atoms with Crippen LogP contribution < -0.4 is 15.1 Å². The molecule has 2 heterocycles. The maximum atomic E-state index is 6.30. The van der Waals surface area contributed by atoms with Crippen LogP contribution >= 0.6 is 35.4 Å². The summed E-state index contributed by atoms with van der Waals surface area (Å²) in [5.41, 5.74) is 2.01. The average Bonchev–Trinajstić information content (AvgIpc) is 2.53. The Hall–Kier alpha value is -1.40. The molecule has 114 valence electrons. The van der Waals surface area contributed by atoms with Gasteiger partial charge in [-0.05, 0) is 36.5 Å². The molecule has 2 aromatic rings. The Kier molecular flexibility index (Phi) is 4.78. The number of anilines is 1. The number of halogens is 2. The van der Waals surface area contributed by atoms with Crippen LogP contribution in [0.2, 0.25) is 10.0 Å². The molecule has 22 heavy (non-hydrogen) atoms. The monoisotopic (exact) mass is 353 g/mol. The molecule has 3 rings (SSSR count). The number of pyridine rings is 1. The Morgan fingerprint density at radius 3 is 2.95 bits per heavy atom. The fraction of sp³-hybridized carbons (Fsp3) is 0.200. The van der Waals surface area contributed by atoms with Crippen LogP contribution in [0.5, 0.6) is 0 Å². The third kappa shape index (κ3) is 3.50. The van der Waals surface area contributed by atoms with Crippen LogP contribution in [0.4, 0.5) is 5.69 Å². The largest absolute Gasteiger partial charge is 0.315 e. The summed E-state index contributed by atoms with van der Waals surface area (Å²) >= 11 is 17.8. The number of nitrogens with one attached hydrogen (secondary N) is 2. The van der Waals surface area contributed by atoms with Gasteiger partial charge in [-0.2, -0.15) is 0 Å². The van der Waals surface area contributed by atoms with E-state index in [-0.39, 0.29) is 0 Å². The molecule has 1 atom stereocenters. The van der Waals surface area contributed by atoms with Gasteiger partial charge in [-0.1, -0.05) is 29.3 Å². The minimum absolute atomic E-state index is 0.635. The molecule has 0 amide bonds. The van der Waals surface area contributed by atoms with Crippen LogP contribution in [0.3, 0.4) is 0 Å². The van der Waals surface area contributed by atoms with Crippen molar-refractivity contribution in [1.29, 1.82) is 0 Å².